The van der Waals surface area contributed by atoms with E-state index in [4.69, 9.17) is 9.47 Å². The highest BCUT2D eigenvalue weighted by atomic mass is 79.9. The summed E-state index contributed by atoms with van der Waals surface area (Å²) >= 11 is 3.34. The van der Waals surface area contributed by atoms with Crippen LogP contribution >= 0.6 is 15.9 Å². The van der Waals surface area contributed by atoms with E-state index < -0.39 is 11.9 Å². The molecule has 0 aliphatic carbocycles. The molecule has 4 nitrogen and oxygen atoms in total. The summed E-state index contributed by atoms with van der Waals surface area (Å²) in [5.74, 6) is -1.12. The highest BCUT2D eigenvalue weighted by Gasteiger charge is 2.17. The Balaban J connectivity index is 3.16. The standard InChI is InChI=1S/C14H15BrO4/c1-3-18-13(16)9-11(14(17)19-4-2)10-7-5-6-8-12(10)15/h5-9H,3-4H2,1-2H3. The van der Waals surface area contributed by atoms with Crippen LogP contribution in [0.5, 0.6) is 0 Å². The van der Waals surface area contributed by atoms with Crippen LogP contribution in [0.4, 0.5) is 0 Å². The highest BCUT2D eigenvalue weighted by Crippen LogP contribution is 2.25. The maximum atomic E-state index is 11.9. The number of halogens is 1. The fraction of sp³-hybridized carbons (Fsp3) is 0.286. The lowest BCUT2D eigenvalue weighted by molar-refractivity contribution is -0.139. The van der Waals surface area contributed by atoms with Crippen molar-refractivity contribution in [3.8, 4) is 0 Å². The van der Waals surface area contributed by atoms with Gasteiger partial charge in [-0.2, -0.15) is 0 Å². The van der Waals surface area contributed by atoms with E-state index in [0.717, 1.165) is 6.08 Å². The number of rotatable bonds is 5. The summed E-state index contributed by atoms with van der Waals surface area (Å²) in [6, 6.07) is 7.11. The SMILES string of the molecule is CCOC(=O)C=C(C(=O)OCC)c1ccccc1Br. The quantitative estimate of drug-likeness (QED) is 0.616. The van der Waals surface area contributed by atoms with E-state index in [-0.39, 0.29) is 18.8 Å². The lowest BCUT2D eigenvalue weighted by atomic mass is 10.1. The van der Waals surface area contributed by atoms with E-state index in [9.17, 15) is 9.59 Å². The van der Waals surface area contributed by atoms with Gasteiger partial charge in [-0.1, -0.05) is 34.1 Å². The number of benzene rings is 1. The molecule has 0 aromatic heterocycles. The molecule has 0 saturated carbocycles. The molecule has 0 fully saturated rings. The molecule has 0 radical (unpaired) electrons. The van der Waals surface area contributed by atoms with Crippen molar-refractivity contribution in [1.82, 2.24) is 0 Å². The summed E-state index contributed by atoms with van der Waals surface area (Å²) in [5.41, 5.74) is 0.766. The Labute approximate surface area is 120 Å². The van der Waals surface area contributed by atoms with Crippen LogP contribution in [-0.2, 0) is 19.1 Å². The third-order valence-corrected chi connectivity index (χ3v) is 2.90. The van der Waals surface area contributed by atoms with E-state index >= 15 is 0 Å². The molecule has 19 heavy (non-hydrogen) atoms. The minimum atomic E-state index is -0.568. The van der Waals surface area contributed by atoms with Crippen molar-refractivity contribution in [2.45, 2.75) is 13.8 Å². The lowest BCUT2D eigenvalue weighted by Gasteiger charge is -2.09. The van der Waals surface area contributed by atoms with Crippen LogP contribution < -0.4 is 0 Å². The fourth-order valence-corrected chi connectivity index (χ4v) is 1.94. The molecule has 0 aliphatic rings. The average Bonchev–Trinajstić information content (AvgIpc) is 2.37. The monoisotopic (exact) mass is 326 g/mol. The first-order valence-corrected chi connectivity index (χ1v) is 6.69. The minimum absolute atomic E-state index is 0.174. The molecule has 0 saturated heterocycles. The van der Waals surface area contributed by atoms with Crippen molar-refractivity contribution in [3.05, 3.63) is 40.4 Å². The summed E-state index contributed by atoms with van der Waals surface area (Å²) < 4.78 is 10.5. The van der Waals surface area contributed by atoms with Gasteiger partial charge in [0.15, 0.2) is 0 Å². The van der Waals surface area contributed by atoms with Crippen molar-refractivity contribution in [2.75, 3.05) is 13.2 Å². The summed E-state index contributed by atoms with van der Waals surface area (Å²) in [6.07, 6.45) is 1.15. The molecule has 0 bridgehead atoms. The largest absolute Gasteiger partial charge is 0.463 e. The van der Waals surface area contributed by atoms with Crippen LogP contribution in [0.2, 0.25) is 0 Å². The topological polar surface area (TPSA) is 52.6 Å². The van der Waals surface area contributed by atoms with Crippen molar-refractivity contribution >= 4 is 33.4 Å². The van der Waals surface area contributed by atoms with Crippen molar-refractivity contribution < 1.29 is 19.1 Å². The lowest BCUT2D eigenvalue weighted by Crippen LogP contribution is -2.10. The van der Waals surface area contributed by atoms with Gasteiger partial charge in [-0.3, -0.25) is 0 Å². The van der Waals surface area contributed by atoms with Crippen LogP contribution in [0.15, 0.2) is 34.8 Å². The van der Waals surface area contributed by atoms with Gasteiger partial charge in [-0.05, 0) is 19.9 Å². The molecule has 1 aromatic rings. The van der Waals surface area contributed by atoms with Crippen LogP contribution in [-0.4, -0.2) is 25.2 Å². The molecule has 0 unspecified atom stereocenters. The normalized spacial score (nSPS) is 11.0. The Morgan fingerprint density at radius 3 is 2.37 bits per heavy atom. The Morgan fingerprint density at radius 2 is 1.79 bits per heavy atom. The van der Waals surface area contributed by atoms with Crippen LogP contribution in [0.3, 0.4) is 0 Å². The molecule has 0 N–H and O–H groups in total. The van der Waals surface area contributed by atoms with Gasteiger partial charge in [0.1, 0.15) is 0 Å². The molecule has 1 rings (SSSR count). The second kappa shape index (κ2) is 7.74. The van der Waals surface area contributed by atoms with E-state index in [2.05, 4.69) is 15.9 Å². The molecule has 0 spiro atoms. The summed E-state index contributed by atoms with van der Waals surface area (Å²) in [5, 5.41) is 0. The third-order valence-electron chi connectivity index (χ3n) is 2.21. The van der Waals surface area contributed by atoms with Crippen LogP contribution in [0.25, 0.3) is 5.57 Å². The first kappa shape index (κ1) is 15.4. The number of esters is 2. The van der Waals surface area contributed by atoms with Gasteiger partial charge >= 0.3 is 11.9 Å². The molecular weight excluding hydrogens is 312 g/mol. The fourth-order valence-electron chi connectivity index (χ4n) is 1.44. The number of carbonyl (C=O) groups excluding carboxylic acids is 2. The van der Waals surface area contributed by atoms with E-state index in [1.165, 1.54) is 0 Å². The minimum Gasteiger partial charge on any atom is -0.463 e. The van der Waals surface area contributed by atoms with Gasteiger partial charge in [-0.15, -0.1) is 0 Å². The van der Waals surface area contributed by atoms with Gasteiger partial charge in [-0.25, -0.2) is 9.59 Å². The molecule has 0 amide bonds. The zero-order valence-electron chi connectivity index (χ0n) is 10.8. The third kappa shape index (κ3) is 4.52. The predicted octanol–water partition coefficient (Wildman–Crippen LogP) is 2.96. The van der Waals surface area contributed by atoms with E-state index in [0.29, 0.717) is 10.0 Å². The van der Waals surface area contributed by atoms with Crippen LogP contribution in [0, 0.1) is 0 Å². The highest BCUT2D eigenvalue weighted by molar-refractivity contribution is 9.10. The maximum absolute atomic E-state index is 11.9. The van der Waals surface area contributed by atoms with Crippen molar-refractivity contribution in [2.24, 2.45) is 0 Å². The van der Waals surface area contributed by atoms with Gasteiger partial charge in [0, 0.05) is 16.1 Å². The smallest absolute Gasteiger partial charge is 0.339 e. The summed E-state index contributed by atoms with van der Waals surface area (Å²) in [4.78, 5) is 23.4. The van der Waals surface area contributed by atoms with E-state index in [1.54, 1.807) is 32.0 Å². The molecule has 1 aromatic carbocycles. The van der Waals surface area contributed by atoms with Gasteiger partial charge in [0.2, 0.25) is 0 Å². The molecule has 0 heterocycles. The molecule has 0 aliphatic heterocycles. The average molecular weight is 327 g/mol. The van der Waals surface area contributed by atoms with Gasteiger partial charge in [0.05, 0.1) is 18.8 Å². The van der Waals surface area contributed by atoms with E-state index in [1.807, 2.05) is 6.07 Å². The van der Waals surface area contributed by atoms with Crippen molar-refractivity contribution in [1.29, 1.82) is 0 Å². The summed E-state index contributed by atoms with van der Waals surface area (Å²) in [7, 11) is 0. The maximum Gasteiger partial charge on any atom is 0.339 e. The molecule has 102 valence electrons. The second-order valence-corrected chi connectivity index (χ2v) is 4.36. The Morgan fingerprint density at radius 1 is 1.16 bits per heavy atom. The van der Waals surface area contributed by atoms with Gasteiger partial charge in [0.25, 0.3) is 0 Å². The molecule has 5 heteroatoms. The summed E-state index contributed by atoms with van der Waals surface area (Å²) in [6.45, 7) is 3.90. The Kier molecular flexibility index (Phi) is 6.29. The number of hydrogen-bond acceptors (Lipinski definition) is 4. The number of hydrogen-bond donors (Lipinski definition) is 0. The Bertz CT molecular complexity index is 494. The van der Waals surface area contributed by atoms with Crippen molar-refractivity contribution in [3.63, 3.8) is 0 Å². The van der Waals surface area contributed by atoms with Crippen LogP contribution in [0.1, 0.15) is 19.4 Å². The zero-order valence-corrected chi connectivity index (χ0v) is 12.4. The predicted molar refractivity (Wildman–Crippen MR) is 75.4 cm³/mol. The first-order valence-electron chi connectivity index (χ1n) is 5.90. The number of carbonyl (C=O) groups is 2. The second-order valence-electron chi connectivity index (χ2n) is 3.51. The zero-order chi connectivity index (χ0) is 14.3. The molecule has 0 atom stereocenters. The van der Waals surface area contributed by atoms with Gasteiger partial charge < -0.3 is 9.47 Å². The Hall–Kier alpha value is -1.62. The first-order chi connectivity index (χ1) is 9.10. The molecular formula is C14H15BrO4. The number of ether oxygens (including phenoxy) is 2.